The van der Waals surface area contributed by atoms with Gasteiger partial charge in [-0.05, 0) is 69.1 Å². The highest BCUT2D eigenvalue weighted by Gasteiger charge is 2.13. The summed E-state index contributed by atoms with van der Waals surface area (Å²) in [4.78, 5) is 25.9. The van der Waals surface area contributed by atoms with Gasteiger partial charge in [-0.25, -0.2) is 9.97 Å². The van der Waals surface area contributed by atoms with Crippen molar-refractivity contribution < 1.29 is 4.79 Å². The molecule has 36 heavy (non-hydrogen) atoms. The van der Waals surface area contributed by atoms with Crippen LogP contribution in [-0.2, 0) is 24.4 Å². The molecule has 0 saturated heterocycles. The maximum absolute atomic E-state index is 12.5. The number of carbonyl (C=O) groups excluding carboxylic acids is 1. The van der Waals surface area contributed by atoms with Crippen molar-refractivity contribution in [3.63, 3.8) is 0 Å². The topological polar surface area (TPSA) is 104 Å². The minimum atomic E-state index is -0.311. The third-order valence-corrected chi connectivity index (χ3v) is 6.72. The number of nitrogens with one attached hydrogen (secondary N) is 4. The molecule has 1 fully saturated rings. The van der Waals surface area contributed by atoms with Crippen LogP contribution < -0.4 is 21.3 Å². The number of fused-ring (bicyclic) bond motifs is 1. The van der Waals surface area contributed by atoms with Crippen molar-refractivity contribution in [2.75, 3.05) is 13.1 Å². The summed E-state index contributed by atoms with van der Waals surface area (Å²) in [6, 6.07) is 12.2. The van der Waals surface area contributed by atoms with Gasteiger partial charge in [0.2, 0.25) is 5.91 Å². The zero-order valence-electron chi connectivity index (χ0n) is 21.3. The minimum Gasteiger partial charge on any atom is -0.351 e. The number of hydrogen-bond donors (Lipinski definition) is 4. The van der Waals surface area contributed by atoms with Crippen LogP contribution in [0.2, 0.25) is 0 Å². The lowest BCUT2D eigenvalue weighted by molar-refractivity contribution is -0.122. The molecule has 0 bridgehead atoms. The number of benzene rings is 1. The molecule has 1 aliphatic carbocycles. The van der Waals surface area contributed by atoms with E-state index in [9.17, 15) is 4.79 Å². The lowest BCUT2D eigenvalue weighted by atomic mass is 9.95. The number of hydrogen-bond acceptors (Lipinski definition) is 7. The van der Waals surface area contributed by atoms with Crippen LogP contribution in [0, 0.1) is 0 Å². The molecule has 192 valence electrons. The number of nitrogens with zero attached hydrogens (tertiary/aromatic N) is 3. The Kier molecular flexibility index (Phi) is 10.1. The Bertz CT molecular complexity index is 1090. The molecule has 1 amide bonds. The molecule has 8 nitrogen and oxygen atoms in total. The second-order valence-electron chi connectivity index (χ2n) is 9.64. The van der Waals surface area contributed by atoms with Gasteiger partial charge in [0, 0.05) is 36.9 Å². The van der Waals surface area contributed by atoms with Crippen molar-refractivity contribution in [3.05, 3.63) is 65.9 Å². The standard InChI is InChI=1S/C28H39N7O/c1-21(32-19-25-10-5-6-14-31-25)28(36)34-17-22-11-12-26-23(16-22)18-33-27(35-26)20-29-13-7-15-30-24-8-3-2-4-9-24/h5-6,10-12,14,16,18,21,24,29-30,32H,2-4,7-9,13,15,17,19-20H2,1H3,(H,34,36)/t21-/m0/s1. The van der Waals surface area contributed by atoms with Crippen LogP contribution in [0.5, 0.6) is 0 Å². The molecule has 2 aromatic heterocycles. The van der Waals surface area contributed by atoms with Crippen molar-refractivity contribution in [1.82, 2.24) is 36.2 Å². The highest BCUT2D eigenvalue weighted by Crippen LogP contribution is 2.17. The molecular weight excluding hydrogens is 450 g/mol. The Morgan fingerprint density at radius 1 is 1.03 bits per heavy atom. The molecule has 1 saturated carbocycles. The number of carbonyl (C=O) groups is 1. The molecule has 0 spiro atoms. The van der Waals surface area contributed by atoms with Gasteiger partial charge in [0.05, 0.1) is 23.8 Å². The quantitative estimate of drug-likeness (QED) is 0.273. The molecule has 1 aliphatic rings. The smallest absolute Gasteiger partial charge is 0.237 e. The van der Waals surface area contributed by atoms with E-state index < -0.39 is 0 Å². The van der Waals surface area contributed by atoms with E-state index in [2.05, 4.69) is 31.2 Å². The zero-order chi connectivity index (χ0) is 25.0. The molecule has 0 unspecified atom stereocenters. The van der Waals surface area contributed by atoms with E-state index in [0.717, 1.165) is 53.5 Å². The van der Waals surface area contributed by atoms with Crippen molar-refractivity contribution in [2.45, 2.75) is 77.2 Å². The van der Waals surface area contributed by atoms with Gasteiger partial charge in [-0.3, -0.25) is 9.78 Å². The summed E-state index contributed by atoms with van der Waals surface area (Å²) in [7, 11) is 0. The van der Waals surface area contributed by atoms with Crippen molar-refractivity contribution >= 4 is 16.8 Å². The van der Waals surface area contributed by atoms with Gasteiger partial charge in [0.15, 0.2) is 0 Å². The molecule has 3 aromatic rings. The number of pyridine rings is 1. The lowest BCUT2D eigenvalue weighted by Crippen LogP contribution is -2.41. The summed E-state index contributed by atoms with van der Waals surface area (Å²) < 4.78 is 0. The van der Waals surface area contributed by atoms with Gasteiger partial charge in [0.25, 0.3) is 0 Å². The first-order valence-electron chi connectivity index (χ1n) is 13.3. The third-order valence-electron chi connectivity index (χ3n) is 6.72. The fraction of sp³-hybridized carbons (Fsp3) is 0.500. The Morgan fingerprint density at radius 3 is 2.75 bits per heavy atom. The van der Waals surface area contributed by atoms with E-state index >= 15 is 0 Å². The minimum absolute atomic E-state index is 0.0439. The highest BCUT2D eigenvalue weighted by molar-refractivity contribution is 5.82. The van der Waals surface area contributed by atoms with Crippen molar-refractivity contribution in [3.8, 4) is 0 Å². The monoisotopic (exact) mass is 489 g/mol. The maximum Gasteiger partial charge on any atom is 0.237 e. The van der Waals surface area contributed by atoms with Crippen LogP contribution in [0.3, 0.4) is 0 Å². The maximum atomic E-state index is 12.5. The molecule has 1 aromatic carbocycles. The summed E-state index contributed by atoms with van der Waals surface area (Å²) in [5.41, 5.74) is 2.85. The normalized spacial score (nSPS) is 15.1. The summed E-state index contributed by atoms with van der Waals surface area (Å²) in [6.45, 7) is 5.55. The summed E-state index contributed by atoms with van der Waals surface area (Å²) in [5, 5.41) is 14.3. The second kappa shape index (κ2) is 14.0. The lowest BCUT2D eigenvalue weighted by Gasteiger charge is -2.22. The van der Waals surface area contributed by atoms with Crippen LogP contribution in [0.1, 0.15) is 62.5 Å². The van der Waals surface area contributed by atoms with E-state index in [-0.39, 0.29) is 11.9 Å². The molecule has 4 N–H and O–H groups in total. The van der Waals surface area contributed by atoms with Gasteiger partial charge in [0.1, 0.15) is 5.82 Å². The molecule has 1 atom stereocenters. The molecule has 0 radical (unpaired) electrons. The van der Waals surface area contributed by atoms with Gasteiger partial charge in [-0.2, -0.15) is 0 Å². The molecular formula is C28H39N7O. The van der Waals surface area contributed by atoms with Crippen molar-refractivity contribution in [1.29, 1.82) is 0 Å². The predicted octanol–water partition coefficient (Wildman–Crippen LogP) is 3.22. The van der Waals surface area contributed by atoms with Crippen LogP contribution in [0.15, 0.2) is 48.8 Å². The average Bonchev–Trinajstić information content (AvgIpc) is 2.93. The molecule has 0 aliphatic heterocycles. The third kappa shape index (κ3) is 8.33. The molecule has 4 rings (SSSR count). The molecule has 2 heterocycles. The second-order valence-corrected chi connectivity index (χ2v) is 9.64. The first-order chi connectivity index (χ1) is 17.7. The largest absolute Gasteiger partial charge is 0.351 e. The van der Waals surface area contributed by atoms with Crippen molar-refractivity contribution in [2.24, 2.45) is 0 Å². The van der Waals surface area contributed by atoms with E-state index in [1.54, 1.807) is 6.20 Å². The van der Waals surface area contributed by atoms with E-state index in [4.69, 9.17) is 4.98 Å². The Labute approximate surface area is 214 Å². The summed E-state index contributed by atoms with van der Waals surface area (Å²) in [6.07, 6.45) is 11.5. The van der Waals surface area contributed by atoms with E-state index in [1.165, 1.54) is 32.1 Å². The Hall–Kier alpha value is -2.94. The average molecular weight is 490 g/mol. The first kappa shape index (κ1) is 26.1. The van der Waals surface area contributed by atoms with Gasteiger partial charge in [-0.15, -0.1) is 0 Å². The van der Waals surface area contributed by atoms with Crippen LogP contribution in [0.4, 0.5) is 0 Å². The summed E-state index contributed by atoms with van der Waals surface area (Å²) in [5.74, 6) is 0.759. The van der Waals surface area contributed by atoms with Gasteiger partial charge < -0.3 is 21.3 Å². The van der Waals surface area contributed by atoms with E-state index in [0.29, 0.717) is 19.6 Å². The van der Waals surface area contributed by atoms with Crippen LogP contribution in [-0.4, -0.2) is 46.0 Å². The zero-order valence-corrected chi connectivity index (χ0v) is 21.3. The van der Waals surface area contributed by atoms with E-state index in [1.807, 2.05) is 49.5 Å². The predicted molar refractivity (Wildman–Crippen MR) is 143 cm³/mol. The SMILES string of the molecule is C[C@H](NCc1ccccn1)C(=O)NCc1ccc2nc(CNCCCNC3CCCCC3)ncc2c1. The molecule has 8 heteroatoms. The van der Waals surface area contributed by atoms with Crippen LogP contribution >= 0.6 is 0 Å². The Balaban J connectivity index is 1.16. The number of amides is 1. The van der Waals surface area contributed by atoms with Crippen LogP contribution in [0.25, 0.3) is 10.9 Å². The number of aromatic nitrogens is 3. The highest BCUT2D eigenvalue weighted by atomic mass is 16.2. The fourth-order valence-corrected chi connectivity index (χ4v) is 4.54. The number of rotatable bonds is 13. The van der Waals surface area contributed by atoms with Gasteiger partial charge >= 0.3 is 0 Å². The van der Waals surface area contributed by atoms with Gasteiger partial charge in [-0.1, -0.05) is 31.4 Å². The first-order valence-corrected chi connectivity index (χ1v) is 13.3. The fourth-order valence-electron chi connectivity index (χ4n) is 4.54. The Morgan fingerprint density at radius 2 is 1.92 bits per heavy atom. The summed E-state index contributed by atoms with van der Waals surface area (Å²) >= 11 is 0.